The van der Waals surface area contributed by atoms with E-state index in [-0.39, 0.29) is 9.23 Å². The van der Waals surface area contributed by atoms with Crippen LogP contribution in [0.1, 0.15) is 0 Å². The molecule has 0 fully saturated rings. The minimum Gasteiger partial charge on any atom is -0.447 e. The Bertz CT molecular complexity index is 119. The van der Waals surface area contributed by atoms with Crippen LogP contribution in [0.15, 0.2) is 0 Å². The molecule has 0 heterocycles. The molecule has 0 spiro atoms. The lowest BCUT2D eigenvalue weighted by molar-refractivity contribution is -0.164. The lowest BCUT2D eigenvalue weighted by Gasteiger charge is -1.97. The van der Waals surface area contributed by atoms with Gasteiger partial charge in [0.15, 0.2) is 0 Å². The molecule has 0 N–H and O–H groups in total. The fraction of sp³-hybridized carbons (Fsp3) is 0.500. The Morgan fingerprint density at radius 2 is 1.30 bits per heavy atom. The largest absolute Gasteiger partial charge is 0.447 e. The van der Waals surface area contributed by atoms with Gasteiger partial charge in [0.05, 0.1) is 0 Å². The quantitative estimate of drug-likeness (QED) is 0.313. The van der Waals surface area contributed by atoms with Gasteiger partial charge >= 0.3 is 11.9 Å². The molecular weight excluding hydrogens is 366 g/mol. The van der Waals surface area contributed by atoms with Crippen LogP contribution in [-0.4, -0.2) is 21.2 Å². The van der Waals surface area contributed by atoms with Crippen LogP contribution in [0, 0.1) is 0 Å². The predicted molar refractivity (Wildman–Crippen MR) is 50.0 cm³/mol. The third-order valence-corrected chi connectivity index (χ3v) is 1.16. The number of halogens is 2. The van der Waals surface area contributed by atoms with E-state index in [4.69, 9.17) is 0 Å². The summed E-state index contributed by atoms with van der Waals surface area (Å²) in [4.78, 5) is 20.9. The van der Waals surface area contributed by atoms with Gasteiger partial charge in [-0.05, 0) is 45.2 Å². The van der Waals surface area contributed by atoms with Crippen LogP contribution >= 0.6 is 45.2 Å². The molecule has 0 atom stereocenters. The molecule has 0 saturated carbocycles. The van der Waals surface area contributed by atoms with E-state index in [2.05, 4.69) is 9.47 Å². The zero-order valence-corrected chi connectivity index (χ0v) is 9.12. The second kappa shape index (κ2) is 6.13. The van der Waals surface area contributed by atoms with Crippen molar-refractivity contribution in [2.24, 2.45) is 0 Å². The van der Waals surface area contributed by atoms with Crippen LogP contribution in [0.4, 0.5) is 0 Å². The maximum absolute atomic E-state index is 10.4. The number of carbonyl (C=O) groups excluding carboxylic acids is 2. The van der Waals surface area contributed by atoms with Gasteiger partial charge in [-0.15, -0.1) is 0 Å². The summed E-state index contributed by atoms with van der Waals surface area (Å²) in [7, 11) is 0. The molecule has 4 nitrogen and oxygen atoms in total. The average Bonchev–Trinajstić information content (AvgIpc) is 1.89. The van der Waals surface area contributed by atoms with Crippen LogP contribution in [0.25, 0.3) is 0 Å². The smallest absolute Gasteiger partial charge is 0.418 e. The Balaban J connectivity index is 3.60. The molecule has 0 bridgehead atoms. The van der Waals surface area contributed by atoms with E-state index in [0.29, 0.717) is 0 Å². The Morgan fingerprint density at radius 3 is 1.50 bits per heavy atom. The number of alkyl halides is 2. The van der Waals surface area contributed by atoms with E-state index in [1.54, 1.807) is 0 Å². The summed E-state index contributed by atoms with van der Waals surface area (Å²) in [5, 5.41) is 0. The summed E-state index contributed by atoms with van der Waals surface area (Å²) in [6, 6.07) is 0. The zero-order chi connectivity index (χ0) is 7.98. The molecule has 0 saturated heterocycles. The number of carbonyl (C=O) groups is 2. The van der Waals surface area contributed by atoms with Gasteiger partial charge in [0.2, 0.25) is 0 Å². The first kappa shape index (κ1) is 10.4. The van der Waals surface area contributed by atoms with E-state index >= 15 is 0 Å². The molecule has 0 radical (unpaired) electrons. The summed E-state index contributed by atoms with van der Waals surface area (Å²) in [5.41, 5.74) is 0. The van der Waals surface area contributed by atoms with Crippen LogP contribution in [0.3, 0.4) is 0 Å². The molecule has 0 rings (SSSR count). The first-order valence-corrected chi connectivity index (χ1v) is 5.23. The molecule has 0 amide bonds. The van der Waals surface area contributed by atoms with Crippen molar-refractivity contribution in [1.82, 2.24) is 0 Å². The van der Waals surface area contributed by atoms with E-state index in [1.807, 2.05) is 45.2 Å². The lowest BCUT2D eigenvalue weighted by Crippen LogP contribution is -2.18. The van der Waals surface area contributed by atoms with E-state index in [9.17, 15) is 9.59 Å². The highest BCUT2D eigenvalue weighted by Crippen LogP contribution is 1.91. The molecular formula is C4H4I2O4. The average molecular weight is 370 g/mol. The minimum atomic E-state index is -0.939. The van der Waals surface area contributed by atoms with Crippen LogP contribution in [0.2, 0.25) is 0 Å². The summed E-state index contributed by atoms with van der Waals surface area (Å²) < 4.78 is 8.97. The van der Waals surface area contributed by atoms with Crippen molar-refractivity contribution in [2.75, 3.05) is 9.23 Å². The van der Waals surface area contributed by atoms with Crippen molar-refractivity contribution in [2.45, 2.75) is 0 Å². The Hall–Kier alpha value is 0.400. The van der Waals surface area contributed by atoms with Gasteiger partial charge in [-0.25, -0.2) is 9.59 Å². The summed E-state index contributed by atoms with van der Waals surface area (Å²) in [5.74, 6) is -1.88. The predicted octanol–water partition coefficient (Wildman–Crippen LogP) is 0.858. The Morgan fingerprint density at radius 1 is 1.00 bits per heavy atom. The van der Waals surface area contributed by atoms with E-state index in [0.717, 1.165) is 0 Å². The third kappa shape index (κ3) is 4.25. The van der Waals surface area contributed by atoms with Gasteiger partial charge in [0.1, 0.15) is 9.23 Å². The fourth-order valence-electron chi connectivity index (χ4n) is 0.217. The van der Waals surface area contributed by atoms with Gasteiger partial charge in [-0.2, -0.15) is 0 Å². The monoisotopic (exact) mass is 370 g/mol. The maximum Gasteiger partial charge on any atom is 0.418 e. The SMILES string of the molecule is O=C(OCI)C(=O)OCI. The normalized spacial score (nSPS) is 8.60. The van der Waals surface area contributed by atoms with Gasteiger partial charge in [0, 0.05) is 0 Å². The van der Waals surface area contributed by atoms with Crippen molar-refractivity contribution in [3.63, 3.8) is 0 Å². The van der Waals surface area contributed by atoms with Gasteiger partial charge in [-0.3, -0.25) is 0 Å². The molecule has 0 unspecified atom stereocenters. The lowest BCUT2D eigenvalue weighted by atomic mass is 10.7. The third-order valence-electron chi connectivity index (χ3n) is 0.538. The summed E-state index contributed by atoms with van der Waals surface area (Å²) in [6.07, 6.45) is 0. The summed E-state index contributed by atoms with van der Waals surface area (Å²) >= 11 is 3.62. The van der Waals surface area contributed by atoms with E-state index < -0.39 is 11.9 Å². The fourth-order valence-corrected chi connectivity index (χ4v) is 0.783. The van der Waals surface area contributed by atoms with Crippen molar-refractivity contribution >= 4 is 57.1 Å². The van der Waals surface area contributed by atoms with Crippen LogP contribution in [-0.2, 0) is 19.1 Å². The van der Waals surface area contributed by atoms with E-state index in [1.165, 1.54) is 0 Å². The number of hydrogen-bond donors (Lipinski definition) is 0. The molecule has 0 aromatic carbocycles. The van der Waals surface area contributed by atoms with Crippen molar-refractivity contribution < 1.29 is 19.1 Å². The first-order chi connectivity index (χ1) is 4.72. The second-order valence-electron chi connectivity index (χ2n) is 1.08. The van der Waals surface area contributed by atoms with Gasteiger partial charge in [0.25, 0.3) is 0 Å². The first-order valence-electron chi connectivity index (χ1n) is 2.18. The topological polar surface area (TPSA) is 52.6 Å². The number of esters is 2. The Kier molecular flexibility index (Phi) is 6.38. The molecule has 0 aromatic rings. The summed E-state index contributed by atoms with van der Waals surface area (Å²) in [6.45, 7) is 0. The highest BCUT2D eigenvalue weighted by molar-refractivity contribution is 14.1. The van der Waals surface area contributed by atoms with Gasteiger partial charge < -0.3 is 9.47 Å². The number of ether oxygens (including phenoxy) is 2. The molecule has 0 aromatic heterocycles. The van der Waals surface area contributed by atoms with Crippen molar-refractivity contribution in [3.8, 4) is 0 Å². The van der Waals surface area contributed by atoms with Crippen LogP contribution in [0.5, 0.6) is 0 Å². The molecule has 58 valence electrons. The van der Waals surface area contributed by atoms with Gasteiger partial charge in [-0.1, -0.05) is 0 Å². The maximum atomic E-state index is 10.4. The zero-order valence-electron chi connectivity index (χ0n) is 4.80. The van der Waals surface area contributed by atoms with Crippen molar-refractivity contribution in [3.05, 3.63) is 0 Å². The standard InChI is InChI=1S/C4H4I2O4/c5-1-9-3(7)4(8)10-2-6/h1-2H2. The Labute approximate surface area is 84.9 Å². The van der Waals surface area contributed by atoms with Crippen LogP contribution < -0.4 is 0 Å². The van der Waals surface area contributed by atoms with Crippen molar-refractivity contribution in [1.29, 1.82) is 0 Å². The highest BCUT2D eigenvalue weighted by atomic mass is 127. The minimum absolute atomic E-state index is 0.160. The number of rotatable bonds is 2. The second-order valence-corrected chi connectivity index (χ2v) is 2.33. The molecule has 0 aliphatic carbocycles. The molecule has 10 heavy (non-hydrogen) atoms. The number of hydrogen-bond acceptors (Lipinski definition) is 4. The molecule has 0 aliphatic rings. The molecule has 6 heteroatoms. The molecule has 0 aliphatic heterocycles. The highest BCUT2D eigenvalue weighted by Gasteiger charge is 2.15.